The Balaban J connectivity index is 2.17. The summed E-state index contributed by atoms with van der Waals surface area (Å²) in [6, 6.07) is 2.39. The van der Waals surface area contributed by atoms with Crippen molar-refractivity contribution in [3.05, 3.63) is 24.7 Å². The molecule has 16 heavy (non-hydrogen) atoms. The average molecular weight is 218 g/mol. The molecule has 0 aliphatic heterocycles. The third-order valence-electron chi connectivity index (χ3n) is 2.53. The van der Waals surface area contributed by atoms with Gasteiger partial charge in [0.25, 0.3) is 0 Å². The Morgan fingerprint density at radius 3 is 2.88 bits per heavy atom. The van der Waals surface area contributed by atoms with Gasteiger partial charge in [0.1, 0.15) is 5.52 Å². The smallest absolute Gasteiger partial charge is 0.152 e. The Bertz CT molecular complexity index is 461. The van der Waals surface area contributed by atoms with Crippen LogP contribution in [0.1, 0.15) is 27.2 Å². The quantitative estimate of drug-likeness (QED) is 0.857. The molecule has 0 saturated heterocycles. The first kappa shape index (κ1) is 10.9. The van der Waals surface area contributed by atoms with Crippen molar-refractivity contribution in [1.82, 2.24) is 14.6 Å². The molecule has 0 amide bonds. The first-order chi connectivity index (χ1) is 7.66. The molecule has 0 aliphatic carbocycles. The lowest BCUT2D eigenvalue weighted by Crippen LogP contribution is -2.18. The van der Waals surface area contributed by atoms with Crippen molar-refractivity contribution in [2.45, 2.75) is 33.2 Å². The lowest BCUT2D eigenvalue weighted by molar-refractivity contribution is 0.539. The highest BCUT2D eigenvalue weighted by Gasteiger charge is 2.08. The van der Waals surface area contributed by atoms with Crippen LogP contribution < -0.4 is 5.32 Å². The van der Waals surface area contributed by atoms with Gasteiger partial charge in [-0.1, -0.05) is 13.8 Å². The minimum absolute atomic E-state index is 0.425. The SMILES string of the molecule is CC(C)CC(C)Nc1nccn2nccc12. The summed E-state index contributed by atoms with van der Waals surface area (Å²) in [6.07, 6.45) is 6.55. The summed E-state index contributed by atoms with van der Waals surface area (Å²) in [5.74, 6) is 1.60. The summed E-state index contributed by atoms with van der Waals surface area (Å²) in [4.78, 5) is 4.35. The van der Waals surface area contributed by atoms with E-state index in [9.17, 15) is 0 Å². The van der Waals surface area contributed by atoms with Crippen molar-refractivity contribution in [3.63, 3.8) is 0 Å². The minimum Gasteiger partial charge on any atom is -0.366 e. The number of nitrogens with one attached hydrogen (secondary N) is 1. The van der Waals surface area contributed by atoms with Gasteiger partial charge in [-0.25, -0.2) is 9.50 Å². The van der Waals surface area contributed by atoms with Crippen LogP contribution in [0, 0.1) is 5.92 Å². The van der Waals surface area contributed by atoms with Crippen LogP contribution in [0.2, 0.25) is 0 Å². The maximum Gasteiger partial charge on any atom is 0.152 e. The van der Waals surface area contributed by atoms with Gasteiger partial charge in [0.05, 0.1) is 6.20 Å². The van der Waals surface area contributed by atoms with E-state index in [2.05, 4.69) is 36.2 Å². The van der Waals surface area contributed by atoms with E-state index in [1.165, 1.54) is 0 Å². The average Bonchev–Trinajstić information content (AvgIpc) is 2.65. The fourth-order valence-electron chi connectivity index (χ4n) is 1.97. The van der Waals surface area contributed by atoms with Crippen LogP contribution >= 0.6 is 0 Å². The number of nitrogens with zero attached hydrogens (tertiary/aromatic N) is 3. The lowest BCUT2D eigenvalue weighted by atomic mass is 10.1. The molecule has 86 valence electrons. The zero-order valence-electron chi connectivity index (χ0n) is 10.0. The standard InChI is InChI=1S/C12H18N4/c1-9(2)8-10(3)15-12-11-4-5-14-16(11)7-6-13-12/h4-7,9-10H,8H2,1-3H3,(H,13,15). The molecule has 0 aliphatic rings. The first-order valence-electron chi connectivity index (χ1n) is 5.71. The molecule has 2 aromatic heterocycles. The van der Waals surface area contributed by atoms with Crippen molar-refractivity contribution in [2.24, 2.45) is 5.92 Å². The fraction of sp³-hybridized carbons (Fsp3) is 0.500. The number of rotatable bonds is 4. The van der Waals surface area contributed by atoms with Crippen LogP contribution in [0.4, 0.5) is 5.82 Å². The summed E-state index contributed by atoms with van der Waals surface area (Å²) in [7, 11) is 0. The van der Waals surface area contributed by atoms with Crippen molar-refractivity contribution >= 4 is 11.3 Å². The largest absolute Gasteiger partial charge is 0.366 e. The highest BCUT2D eigenvalue weighted by Crippen LogP contribution is 2.15. The van der Waals surface area contributed by atoms with Gasteiger partial charge >= 0.3 is 0 Å². The topological polar surface area (TPSA) is 42.2 Å². The number of hydrogen-bond acceptors (Lipinski definition) is 3. The highest BCUT2D eigenvalue weighted by atomic mass is 15.2. The van der Waals surface area contributed by atoms with Crippen LogP contribution in [0.3, 0.4) is 0 Å². The van der Waals surface area contributed by atoms with Gasteiger partial charge in [0.15, 0.2) is 5.82 Å². The highest BCUT2D eigenvalue weighted by molar-refractivity contribution is 5.66. The second-order valence-corrected chi connectivity index (χ2v) is 4.61. The molecular formula is C12H18N4. The van der Waals surface area contributed by atoms with Crippen LogP contribution in [-0.2, 0) is 0 Å². The zero-order chi connectivity index (χ0) is 11.5. The molecule has 1 N–H and O–H groups in total. The Morgan fingerprint density at radius 2 is 2.12 bits per heavy atom. The molecule has 1 atom stereocenters. The third kappa shape index (κ3) is 2.32. The summed E-state index contributed by atoms with van der Waals surface area (Å²) in [5.41, 5.74) is 1.03. The van der Waals surface area contributed by atoms with Crippen molar-refractivity contribution < 1.29 is 0 Å². The van der Waals surface area contributed by atoms with E-state index in [-0.39, 0.29) is 0 Å². The Morgan fingerprint density at radius 1 is 1.31 bits per heavy atom. The fourth-order valence-corrected chi connectivity index (χ4v) is 1.97. The molecular weight excluding hydrogens is 200 g/mol. The van der Waals surface area contributed by atoms with Crippen LogP contribution in [0.15, 0.2) is 24.7 Å². The normalized spacial score (nSPS) is 13.2. The predicted octanol–water partition coefficient (Wildman–Crippen LogP) is 2.58. The molecule has 2 heterocycles. The Labute approximate surface area is 95.7 Å². The van der Waals surface area contributed by atoms with Gasteiger partial charge in [-0.3, -0.25) is 0 Å². The van der Waals surface area contributed by atoms with Gasteiger partial charge in [-0.05, 0) is 25.3 Å². The molecule has 2 aromatic rings. The summed E-state index contributed by atoms with van der Waals surface area (Å²) < 4.78 is 1.83. The van der Waals surface area contributed by atoms with Crippen molar-refractivity contribution in [2.75, 3.05) is 5.32 Å². The maximum absolute atomic E-state index is 4.35. The molecule has 4 nitrogen and oxygen atoms in total. The molecule has 0 spiro atoms. The van der Waals surface area contributed by atoms with Crippen molar-refractivity contribution in [1.29, 1.82) is 0 Å². The zero-order valence-corrected chi connectivity index (χ0v) is 10.0. The molecule has 0 bridgehead atoms. The van der Waals surface area contributed by atoms with E-state index >= 15 is 0 Å². The molecule has 0 saturated carbocycles. The summed E-state index contributed by atoms with van der Waals surface area (Å²) >= 11 is 0. The molecule has 1 unspecified atom stereocenters. The van der Waals surface area contributed by atoms with E-state index < -0.39 is 0 Å². The van der Waals surface area contributed by atoms with Crippen molar-refractivity contribution in [3.8, 4) is 0 Å². The predicted molar refractivity (Wildman–Crippen MR) is 65.5 cm³/mol. The maximum atomic E-state index is 4.35. The van der Waals surface area contributed by atoms with E-state index in [0.29, 0.717) is 12.0 Å². The third-order valence-corrected chi connectivity index (χ3v) is 2.53. The lowest BCUT2D eigenvalue weighted by Gasteiger charge is -2.16. The van der Waals surface area contributed by atoms with Gasteiger partial charge in [0.2, 0.25) is 0 Å². The second kappa shape index (κ2) is 4.51. The van der Waals surface area contributed by atoms with E-state index in [4.69, 9.17) is 0 Å². The number of aromatic nitrogens is 3. The van der Waals surface area contributed by atoms with Gasteiger partial charge in [-0.15, -0.1) is 0 Å². The monoisotopic (exact) mass is 218 g/mol. The number of anilines is 1. The molecule has 0 aromatic carbocycles. The minimum atomic E-state index is 0.425. The molecule has 4 heteroatoms. The Hall–Kier alpha value is -1.58. The first-order valence-corrected chi connectivity index (χ1v) is 5.71. The van der Waals surface area contributed by atoms with Gasteiger partial charge in [-0.2, -0.15) is 5.10 Å². The molecule has 0 radical (unpaired) electrons. The van der Waals surface area contributed by atoms with Gasteiger partial charge < -0.3 is 5.32 Å². The number of fused-ring (bicyclic) bond motifs is 1. The van der Waals surface area contributed by atoms with E-state index in [0.717, 1.165) is 17.8 Å². The van der Waals surface area contributed by atoms with Crippen LogP contribution in [0.5, 0.6) is 0 Å². The Kier molecular flexibility index (Phi) is 3.08. The van der Waals surface area contributed by atoms with E-state index in [1.807, 2.05) is 16.8 Å². The molecule has 2 rings (SSSR count). The number of hydrogen-bond donors (Lipinski definition) is 1. The van der Waals surface area contributed by atoms with Crippen LogP contribution in [0.25, 0.3) is 5.52 Å². The van der Waals surface area contributed by atoms with Crippen LogP contribution in [-0.4, -0.2) is 20.6 Å². The second-order valence-electron chi connectivity index (χ2n) is 4.61. The summed E-state index contributed by atoms with van der Waals surface area (Å²) in [5, 5.41) is 7.61. The summed E-state index contributed by atoms with van der Waals surface area (Å²) in [6.45, 7) is 6.64. The molecule has 0 fully saturated rings. The van der Waals surface area contributed by atoms with Gasteiger partial charge in [0, 0.05) is 18.4 Å². The van der Waals surface area contributed by atoms with E-state index in [1.54, 1.807) is 12.4 Å².